The SMILES string of the molecule is CC(C)C[C@H](N[S+]([O-])C(C)(C)C)C1CCN(C(=O)OC(C)(C)C)CC1. The normalized spacial score (nSPS) is 19.8. The first-order valence-corrected chi connectivity index (χ1v) is 10.6. The van der Waals surface area contributed by atoms with Gasteiger partial charge in [0.05, 0.1) is 6.04 Å². The van der Waals surface area contributed by atoms with Gasteiger partial charge < -0.3 is 14.2 Å². The lowest BCUT2D eigenvalue weighted by Crippen LogP contribution is -2.51. The van der Waals surface area contributed by atoms with E-state index in [1.54, 1.807) is 4.90 Å². The van der Waals surface area contributed by atoms with E-state index in [0.717, 1.165) is 19.3 Å². The molecule has 1 aliphatic heterocycles. The largest absolute Gasteiger partial charge is 0.598 e. The molecule has 1 amide bonds. The third-order valence-corrected chi connectivity index (χ3v) is 5.93. The number of likely N-dealkylation sites (tertiary alicyclic amines) is 1. The highest BCUT2D eigenvalue weighted by Gasteiger charge is 2.35. The van der Waals surface area contributed by atoms with Gasteiger partial charge in [-0.3, -0.25) is 0 Å². The number of amides is 1. The second-order valence-corrected chi connectivity index (χ2v) is 11.5. The minimum absolute atomic E-state index is 0.223. The Morgan fingerprint density at radius 1 is 1.20 bits per heavy atom. The van der Waals surface area contributed by atoms with Crippen molar-refractivity contribution in [1.29, 1.82) is 0 Å². The third kappa shape index (κ3) is 8.18. The van der Waals surface area contributed by atoms with Gasteiger partial charge in [-0.2, -0.15) is 0 Å². The number of hydrogen-bond donors (Lipinski definition) is 1. The first-order chi connectivity index (χ1) is 11.3. The maximum absolute atomic E-state index is 12.5. The summed E-state index contributed by atoms with van der Waals surface area (Å²) < 4.78 is 21.1. The van der Waals surface area contributed by atoms with Crippen LogP contribution in [0.15, 0.2) is 0 Å². The Balaban J connectivity index is 2.64. The minimum Gasteiger partial charge on any atom is -0.598 e. The molecule has 6 heteroatoms. The van der Waals surface area contributed by atoms with Crippen LogP contribution in [0.4, 0.5) is 4.79 Å². The van der Waals surface area contributed by atoms with Gasteiger partial charge in [-0.25, -0.2) is 4.79 Å². The van der Waals surface area contributed by atoms with Gasteiger partial charge in [0.25, 0.3) is 0 Å². The number of rotatable bonds is 5. The van der Waals surface area contributed by atoms with E-state index >= 15 is 0 Å². The monoisotopic (exact) mass is 374 g/mol. The maximum Gasteiger partial charge on any atom is 0.410 e. The Bertz CT molecular complexity index is 421. The van der Waals surface area contributed by atoms with Gasteiger partial charge >= 0.3 is 6.09 Å². The van der Waals surface area contributed by atoms with E-state index < -0.39 is 17.0 Å². The summed E-state index contributed by atoms with van der Waals surface area (Å²) in [6, 6.07) is 0.223. The predicted octanol–water partition coefficient (Wildman–Crippen LogP) is 4.10. The summed E-state index contributed by atoms with van der Waals surface area (Å²) in [6.45, 7) is 17.5. The van der Waals surface area contributed by atoms with Crippen molar-refractivity contribution in [1.82, 2.24) is 9.62 Å². The smallest absolute Gasteiger partial charge is 0.410 e. The molecule has 1 saturated heterocycles. The first kappa shape index (κ1) is 22.6. The van der Waals surface area contributed by atoms with Crippen molar-refractivity contribution in [3.63, 3.8) is 0 Å². The molecular formula is C19H38N2O3S. The highest BCUT2D eigenvalue weighted by Crippen LogP contribution is 2.27. The molecule has 0 saturated carbocycles. The van der Waals surface area contributed by atoms with E-state index in [-0.39, 0.29) is 16.9 Å². The van der Waals surface area contributed by atoms with Crippen LogP contribution < -0.4 is 4.72 Å². The summed E-state index contributed by atoms with van der Waals surface area (Å²) in [5.74, 6) is 0.978. The predicted molar refractivity (Wildman–Crippen MR) is 105 cm³/mol. The fraction of sp³-hybridized carbons (Fsp3) is 0.947. The average molecular weight is 375 g/mol. The molecule has 0 aromatic heterocycles. The Morgan fingerprint density at radius 3 is 2.12 bits per heavy atom. The van der Waals surface area contributed by atoms with Crippen molar-refractivity contribution in [3.8, 4) is 0 Å². The summed E-state index contributed by atoms with van der Waals surface area (Å²) in [5, 5.41) is 0. The van der Waals surface area contributed by atoms with Crippen molar-refractivity contribution in [3.05, 3.63) is 0 Å². The number of hydrogen-bond acceptors (Lipinski definition) is 4. The second-order valence-electron chi connectivity index (χ2n) is 9.54. The standard InChI is InChI=1S/C19H38N2O3S/c1-14(2)13-16(20-25(23)19(6,7)8)15-9-11-21(12-10-15)17(22)24-18(3,4)5/h14-16,20H,9-13H2,1-8H3/t16-,25?/m0/s1. The molecule has 0 radical (unpaired) electrons. The number of ether oxygens (including phenoxy) is 1. The number of nitrogens with zero attached hydrogens (tertiary/aromatic N) is 1. The van der Waals surface area contributed by atoms with E-state index in [4.69, 9.17) is 4.74 Å². The average Bonchev–Trinajstić information content (AvgIpc) is 2.43. The molecule has 0 bridgehead atoms. The summed E-state index contributed by atoms with van der Waals surface area (Å²) in [5.41, 5.74) is -0.459. The van der Waals surface area contributed by atoms with Crippen molar-refractivity contribution in [2.75, 3.05) is 13.1 Å². The summed E-state index contributed by atoms with van der Waals surface area (Å²) >= 11 is -1.07. The molecule has 0 aromatic carbocycles. The number of piperidine rings is 1. The van der Waals surface area contributed by atoms with Crippen LogP contribution in [0.2, 0.25) is 0 Å². The molecule has 1 N–H and O–H groups in total. The van der Waals surface area contributed by atoms with Gasteiger partial charge in [0, 0.05) is 24.5 Å². The van der Waals surface area contributed by atoms with Crippen LogP contribution in [-0.4, -0.2) is 45.0 Å². The molecule has 2 atom stereocenters. The Kier molecular flexibility index (Phi) is 8.09. The van der Waals surface area contributed by atoms with Crippen LogP contribution in [0.3, 0.4) is 0 Å². The van der Waals surface area contributed by atoms with Crippen LogP contribution in [-0.2, 0) is 16.1 Å². The minimum atomic E-state index is -1.07. The maximum atomic E-state index is 12.5. The van der Waals surface area contributed by atoms with Crippen LogP contribution in [0.1, 0.15) is 74.7 Å². The van der Waals surface area contributed by atoms with Gasteiger partial charge in [0.2, 0.25) is 0 Å². The highest BCUT2D eigenvalue weighted by molar-refractivity contribution is 7.90. The van der Waals surface area contributed by atoms with Crippen molar-refractivity contribution < 1.29 is 14.1 Å². The molecular weight excluding hydrogens is 336 g/mol. The molecule has 148 valence electrons. The van der Waals surface area contributed by atoms with Crippen LogP contribution in [0, 0.1) is 11.8 Å². The van der Waals surface area contributed by atoms with Gasteiger partial charge in [0.1, 0.15) is 10.3 Å². The number of carbonyl (C=O) groups excluding carboxylic acids is 1. The van der Waals surface area contributed by atoms with Crippen molar-refractivity contribution in [2.24, 2.45) is 11.8 Å². The lowest BCUT2D eigenvalue weighted by atomic mass is 9.85. The quantitative estimate of drug-likeness (QED) is 0.736. The van der Waals surface area contributed by atoms with Gasteiger partial charge in [-0.15, -0.1) is 4.72 Å². The van der Waals surface area contributed by atoms with E-state index in [1.807, 2.05) is 41.5 Å². The zero-order chi connectivity index (χ0) is 19.4. The van der Waals surface area contributed by atoms with E-state index in [0.29, 0.717) is 24.9 Å². The van der Waals surface area contributed by atoms with Crippen LogP contribution in [0.5, 0.6) is 0 Å². The molecule has 0 aliphatic carbocycles. The molecule has 1 fully saturated rings. The molecule has 5 nitrogen and oxygen atoms in total. The lowest BCUT2D eigenvalue weighted by Gasteiger charge is -2.38. The lowest BCUT2D eigenvalue weighted by molar-refractivity contribution is 0.0169. The van der Waals surface area contributed by atoms with E-state index in [9.17, 15) is 9.35 Å². The zero-order valence-electron chi connectivity index (χ0n) is 17.3. The number of nitrogens with one attached hydrogen (secondary N) is 1. The highest BCUT2D eigenvalue weighted by atomic mass is 32.2. The van der Waals surface area contributed by atoms with E-state index in [2.05, 4.69) is 18.6 Å². The Hall–Kier alpha value is -0.460. The molecule has 1 aliphatic rings. The molecule has 0 aromatic rings. The van der Waals surface area contributed by atoms with Crippen LogP contribution >= 0.6 is 0 Å². The van der Waals surface area contributed by atoms with Gasteiger partial charge in [-0.05, 0) is 72.6 Å². The first-order valence-electron chi connectivity index (χ1n) is 9.45. The fourth-order valence-electron chi connectivity index (χ4n) is 2.97. The molecule has 1 rings (SSSR count). The van der Waals surface area contributed by atoms with Crippen LogP contribution in [0.25, 0.3) is 0 Å². The topological polar surface area (TPSA) is 64.6 Å². The summed E-state index contributed by atoms with van der Waals surface area (Å²) in [4.78, 5) is 14.0. The van der Waals surface area contributed by atoms with Crippen molar-refractivity contribution in [2.45, 2.75) is 91.0 Å². The summed E-state index contributed by atoms with van der Waals surface area (Å²) in [7, 11) is 0. The zero-order valence-corrected chi connectivity index (χ0v) is 18.2. The summed E-state index contributed by atoms with van der Waals surface area (Å²) in [6.07, 6.45) is 2.62. The Morgan fingerprint density at radius 2 is 1.72 bits per heavy atom. The molecule has 25 heavy (non-hydrogen) atoms. The molecule has 0 spiro atoms. The molecule has 1 heterocycles. The number of carbonyl (C=O) groups is 1. The second kappa shape index (κ2) is 8.96. The fourth-order valence-corrected chi connectivity index (χ4v) is 3.89. The van der Waals surface area contributed by atoms with E-state index in [1.165, 1.54) is 0 Å². The third-order valence-electron chi connectivity index (χ3n) is 4.30. The van der Waals surface area contributed by atoms with Crippen molar-refractivity contribution >= 4 is 17.5 Å². The Labute approximate surface area is 157 Å². The van der Waals surface area contributed by atoms with Gasteiger partial charge in [-0.1, -0.05) is 13.8 Å². The molecule has 1 unspecified atom stereocenters. The van der Waals surface area contributed by atoms with Gasteiger partial charge in [0.15, 0.2) is 0 Å².